The highest BCUT2D eigenvalue weighted by atomic mass is 15.2. The van der Waals surface area contributed by atoms with Crippen LogP contribution in [0.15, 0.2) is 0 Å². The molecule has 0 saturated carbocycles. The molecule has 2 heteroatoms. The van der Waals surface area contributed by atoms with Crippen LogP contribution in [-0.4, -0.2) is 9.55 Å². The van der Waals surface area contributed by atoms with E-state index in [1.807, 2.05) is 0 Å². The summed E-state index contributed by atoms with van der Waals surface area (Å²) in [4.78, 5) is 4.43. The van der Waals surface area contributed by atoms with E-state index in [2.05, 4.69) is 37.2 Å². The largest absolute Gasteiger partial charge is 0.326 e. The standard InChI is InChI=1S/C9H14N2/c1-6-10-7-5-8(7)11(6)9(2,3)4/h5H2,1-4H3. The predicted octanol–water partition coefficient (Wildman–Crippen LogP) is 1.85. The SMILES string of the molecule is Cc1nc2c(n1C(C)(C)C)C2. The molecule has 2 rings (SSSR count). The number of imidazole rings is 1. The van der Waals surface area contributed by atoms with Gasteiger partial charge in [0.15, 0.2) is 0 Å². The highest BCUT2D eigenvalue weighted by Gasteiger charge is 2.31. The maximum Gasteiger partial charge on any atom is 0.106 e. The van der Waals surface area contributed by atoms with E-state index in [0.717, 1.165) is 12.2 Å². The Hall–Kier alpha value is -0.790. The van der Waals surface area contributed by atoms with Crippen LogP contribution in [0.5, 0.6) is 0 Å². The van der Waals surface area contributed by atoms with Gasteiger partial charge in [-0.15, -0.1) is 0 Å². The van der Waals surface area contributed by atoms with Crippen LogP contribution in [0, 0.1) is 6.92 Å². The third-order valence-electron chi connectivity index (χ3n) is 2.10. The van der Waals surface area contributed by atoms with Crippen molar-refractivity contribution in [2.24, 2.45) is 0 Å². The molecule has 1 heterocycles. The minimum atomic E-state index is 0.209. The van der Waals surface area contributed by atoms with Crippen molar-refractivity contribution in [1.29, 1.82) is 0 Å². The molecule has 0 fully saturated rings. The minimum absolute atomic E-state index is 0.209. The highest BCUT2D eigenvalue weighted by Crippen LogP contribution is 2.33. The van der Waals surface area contributed by atoms with Gasteiger partial charge in [0.2, 0.25) is 0 Å². The lowest BCUT2D eigenvalue weighted by molar-refractivity contribution is 0.382. The van der Waals surface area contributed by atoms with E-state index >= 15 is 0 Å². The zero-order valence-electron chi connectivity index (χ0n) is 7.60. The fraction of sp³-hybridized carbons (Fsp3) is 0.667. The number of aryl methyl sites for hydroxylation is 1. The Labute approximate surface area is 67.3 Å². The van der Waals surface area contributed by atoms with Crippen LogP contribution in [0.4, 0.5) is 0 Å². The molecule has 11 heavy (non-hydrogen) atoms. The molecule has 0 radical (unpaired) electrons. The second kappa shape index (κ2) is 1.68. The van der Waals surface area contributed by atoms with Crippen molar-refractivity contribution in [1.82, 2.24) is 9.55 Å². The maximum absolute atomic E-state index is 4.43. The van der Waals surface area contributed by atoms with Crippen molar-refractivity contribution in [3.05, 3.63) is 17.2 Å². The van der Waals surface area contributed by atoms with Gasteiger partial charge in [-0.2, -0.15) is 0 Å². The van der Waals surface area contributed by atoms with E-state index in [-0.39, 0.29) is 5.54 Å². The monoisotopic (exact) mass is 150 g/mol. The first-order valence-corrected chi connectivity index (χ1v) is 4.08. The molecule has 0 bridgehead atoms. The summed E-state index contributed by atoms with van der Waals surface area (Å²) in [5.41, 5.74) is 2.95. The van der Waals surface area contributed by atoms with Gasteiger partial charge in [0, 0.05) is 17.7 Å². The maximum atomic E-state index is 4.43. The molecule has 0 saturated heterocycles. The van der Waals surface area contributed by atoms with Gasteiger partial charge < -0.3 is 4.57 Å². The third-order valence-corrected chi connectivity index (χ3v) is 2.10. The van der Waals surface area contributed by atoms with E-state index in [1.54, 1.807) is 0 Å². The van der Waals surface area contributed by atoms with Crippen molar-refractivity contribution in [2.45, 2.75) is 39.7 Å². The molecule has 0 aromatic carbocycles. The molecule has 60 valence electrons. The van der Waals surface area contributed by atoms with Gasteiger partial charge in [0.1, 0.15) is 5.82 Å². The molecule has 1 aliphatic rings. The molecule has 1 aromatic heterocycles. The van der Waals surface area contributed by atoms with E-state index < -0.39 is 0 Å². The Kier molecular flexibility index (Phi) is 1.05. The zero-order chi connectivity index (χ0) is 8.22. The lowest BCUT2D eigenvalue weighted by Crippen LogP contribution is -2.23. The number of hydrogen-bond donors (Lipinski definition) is 0. The van der Waals surface area contributed by atoms with Crippen molar-refractivity contribution in [2.75, 3.05) is 0 Å². The minimum Gasteiger partial charge on any atom is -0.326 e. The van der Waals surface area contributed by atoms with Crippen molar-refractivity contribution in [3.63, 3.8) is 0 Å². The quantitative estimate of drug-likeness (QED) is 0.560. The Morgan fingerprint density at radius 2 is 2.00 bits per heavy atom. The van der Waals surface area contributed by atoms with E-state index in [1.165, 1.54) is 11.4 Å². The molecule has 0 amide bonds. The van der Waals surface area contributed by atoms with Gasteiger partial charge in [-0.3, -0.25) is 0 Å². The second-order valence-corrected chi connectivity index (χ2v) is 4.24. The summed E-state index contributed by atoms with van der Waals surface area (Å²) in [5, 5.41) is 0. The number of aromatic nitrogens is 2. The summed E-state index contributed by atoms with van der Waals surface area (Å²) in [5.74, 6) is 1.16. The number of nitrogens with zero attached hydrogens (tertiary/aromatic N) is 2. The van der Waals surface area contributed by atoms with Gasteiger partial charge in [-0.25, -0.2) is 4.98 Å². The molecule has 2 nitrogen and oxygen atoms in total. The van der Waals surface area contributed by atoms with Crippen molar-refractivity contribution in [3.8, 4) is 0 Å². The average Bonchev–Trinajstić information content (AvgIpc) is 2.38. The summed E-state index contributed by atoms with van der Waals surface area (Å²) in [6.45, 7) is 8.75. The molecular weight excluding hydrogens is 136 g/mol. The molecular formula is C9H14N2. The molecule has 0 spiro atoms. The molecule has 0 aliphatic heterocycles. The first-order valence-electron chi connectivity index (χ1n) is 4.08. The molecule has 1 aliphatic carbocycles. The Bertz CT molecular complexity index is 298. The van der Waals surface area contributed by atoms with Crippen LogP contribution in [0.1, 0.15) is 38.0 Å². The fourth-order valence-corrected chi connectivity index (χ4v) is 1.76. The number of rotatable bonds is 0. The summed E-state index contributed by atoms with van der Waals surface area (Å²) in [6.07, 6.45) is 1.12. The van der Waals surface area contributed by atoms with E-state index in [4.69, 9.17) is 0 Å². The lowest BCUT2D eigenvalue weighted by atomic mass is 10.1. The van der Waals surface area contributed by atoms with Crippen LogP contribution in [-0.2, 0) is 12.0 Å². The zero-order valence-corrected chi connectivity index (χ0v) is 7.60. The number of fused-ring (bicyclic) bond motifs is 1. The van der Waals surface area contributed by atoms with E-state index in [9.17, 15) is 0 Å². The third kappa shape index (κ3) is 0.889. The van der Waals surface area contributed by atoms with Gasteiger partial charge in [0.25, 0.3) is 0 Å². The van der Waals surface area contributed by atoms with Gasteiger partial charge in [-0.05, 0) is 27.7 Å². The van der Waals surface area contributed by atoms with Gasteiger partial charge in [-0.1, -0.05) is 0 Å². The fourth-order valence-electron chi connectivity index (χ4n) is 1.76. The summed E-state index contributed by atoms with van der Waals surface area (Å²) >= 11 is 0. The molecule has 1 aromatic rings. The summed E-state index contributed by atoms with van der Waals surface area (Å²) < 4.78 is 2.34. The van der Waals surface area contributed by atoms with Crippen LogP contribution in [0.3, 0.4) is 0 Å². The molecule has 0 atom stereocenters. The van der Waals surface area contributed by atoms with E-state index in [0.29, 0.717) is 0 Å². The first kappa shape index (κ1) is 6.89. The van der Waals surface area contributed by atoms with Gasteiger partial charge in [0.05, 0.1) is 5.69 Å². The molecule has 0 unspecified atom stereocenters. The van der Waals surface area contributed by atoms with Gasteiger partial charge >= 0.3 is 0 Å². The Balaban J connectivity index is 2.54. The van der Waals surface area contributed by atoms with Crippen molar-refractivity contribution >= 4 is 0 Å². The summed E-state index contributed by atoms with van der Waals surface area (Å²) in [7, 11) is 0. The average molecular weight is 150 g/mol. The van der Waals surface area contributed by atoms with Crippen LogP contribution < -0.4 is 0 Å². The normalized spacial score (nSPS) is 14.9. The van der Waals surface area contributed by atoms with Crippen LogP contribution in [0.25, 0.3) is 0 Å². The summed E-state index contributed by atoms with van der Waals surface area (Å²) in [6, 6.07) is 0. The Morgan fingerprint density at radius 1 is 1.36 bits per heavy atom. The smallest absolute Gasteiger partial charge is 0.106 e. The second-order valence-electron chi connectivity index (χ2n) is 4.24. The van der Waals surface area contributed by atoms with Crippen LogP contribution in [0.2, 0.25) is 0 Å². The lowest BCUT2D eigenvalue weighted by Gasteiger charge is -2.23. The van der Waals surface area contributed by atoms with Crippen LogP contribution >= 0.6 is 0 Å². The predicted molar refractivity (Wildman–Crippen MR) is 44.8 cm³/mol. The topological polar surface area (TPSA) is 17.8 Å². The highest BCUT2D eigenvalue weighted by molar-refractivity contribution is 5.37. The van der Waals surface area contributed by atoms with Crippen molar-refractivity contribution < 1.29 is 0 Å². The Morgan fingerprint density at radius 3 is 2.27 bits per heavy atom. The molecule has 0 N–H and O–H groups in total. The first-order chi connectivity index (χ1) is 5.00. The number of hydrogen-bond acceptors (Lipinski definition) is 1.